The van der Waals surface area contributed by atoms with Crippen molar-refractivity contribution in [3.05, 3.63) is 35.9 Å². The molecule has 0 heterocycles. The fourth-order valence-corrected chi connectivity index (χ4v) is 0.841. The molecule has 12 heavy (non-hydrogen) atoms. The number of rotatable bonds is 2. The Labute approximate surface area is 78.5 Å². The Morgan fingerprint density at radius 3 is 2.42 bits per heavy atom. The summed E-state index contributed by atoms with van der Waals surface area (Å²) >= 11 is 0. The van der Waals surface area contributed by atoms with Gasteiger partial charge in [0.1, 0.15) is 0 Å². The van der Waals surface area contributed by atoms with E-state index in [1.54, 1.807) is 0 Å². The zero-order valence-corrected chi connectivity index (χ0v) is 7.80. The highest BCUT2D eigenvalue weighted by Crippen LogP contribution is 1.97. The van der Waals surface area contributed by atoms with Crippen LogP contribution in [-0.4, -0.2) is 12.5 Å². The number of nitrogens with two attached hydrogens (primary N) is 1. The minimum atomic E-state index is 0. The van der Waals surface area contributed by atoms with Crippen LogP contribution >= 0.6 is 12.4 Å². The smallest absolute Gasteiger partial charge is 0.366 e. The highest BCUT2D eigenvalue weighted by atomic mass is 35.5. The number of halogens is 1. The Morgan fingerprint density at radius 1 is 1.33 bits per heavy atom. The largest absolute Gasteiger partial charge is 0.445 e. The van der Waals surface area contributed by atoms with Gasteiger partial charge in [0.05, 0.1) is 12.2 Å². The summed E-state index contributed by atoms with van der Waals surface area (Å²) in [7, 11) is 0. The number of hydrogen-bond acceptors (Lipinski definition) is 1. The van der Waals surface area contributed by atoms with Gasteiger partial charge in [-0.25, -0.2) is 5.41 Å². The molecule has 1 aromatic rings. The van der Waals surface area contributed by atoms with Crippen molar-refractivity contribution in [2.45, 2.75) is 6.92 Å². The van der Waals surface area contributed by atoms with Gasteiger partial charge in [-0.2, -0.15) is 0 Å². The average Bonchev–Trinajstić information content (AvgIpc) is 2.07. The first-order valence-electron chi connectivity index (χ1n) is 3.65. The molecule has 0 amide bonds. The molecule has 66 valence electrons. The second-order valence-corrected chi connectivity index (χ2v) is 2.16. The molecule has 0 unspecified atom stereocenters. The van der Waals surface area contributed by atoms with Crippen molar-refractivity contribution < 1.29 is 10.1 Å². The summed E-state index contributed by atoms with van der Waals surface area (Å²) in [6, 6.07) is 9.65. The van der Waals surface area contributed by atoms with Crippen molar-refractivity contribution in [2.75, 3.05) is 6.61 Å². The van der Waals surface area contributed by atoms with Crippen LogP contribution in [-0.2, 0) is 4.74 Å². The van der Waals surface area contributed by atoms with E-state index in [9.17, 15) is 0 Å². The third-order valence-corrected chi connectivity index (χ3v) is 1.36. The highest BCUT2D eigenvalue weighted by molar-refractivity contribution is 5.88. The maximum absolute atomic E-state index is 5.60. The molecule has 0 aliphatic heterocycles. The van der Waals surface area contributed by atoms with E-state index < -0.39 is 0 Å². The van der Waals surface area contributed by atoms with Gasteiger partial charge < -0.3 is 4.74 Å². The molecule has 0 aromatic heterocycles. The molecule has 1 rings (SSSR count). The summed E-state index contributed by atoms with van der Waals surface area (Å²) in [6.07, 6.45) is 0. The summed E-state index contributed by atoms with van der Waals surface area (Å²) in [5.74, 6) is 0.494. The molecule has 2 N–H and O–H groups in total. The van der Waals surface area contributed by atoms with Gasteiger partial charge in [0.2, 0.25) is 0 Å². The van der Waals surface area contributed by atoms with Crippen molar-refractivity contribution in [3.8, 4) is 0 Å². The van der Waals surface area contributed by atoms with Gasteiger partial charge in [-0.3, -0.25) is 0 Å². The highest BCUT2D eigenvalue weighted by Gasteiger charge is 2.04. The van der Waals surface area contributed by atoms with E-state index in [-0.39, 0.29) is 12.4 Å². The van der Waals surface area contributed by atoms with E-state index >= 15 is 0 Å². The molecule has 0 fully saturated rings. The molecule has 0 radical (unpaired) electrons. The Morgan fingerprint density at radius 2 is 1.92 bits per heavy atom. The van der Waals surface area contributed by atoms with Gasteiger partial charge >= 0.3 is 5.90 Å². The van der Waals surface area contributed by atoms with Crippen molar-refractivity contribution in [1.29, 1.82) is 0 Å². The summed E-state index contributed by atoms with van der Waals surface area (Å²) in [4.78, 5) is 0. The predicted octanol–water partition coefficient (Wildman–Crippen LogP) is 0.651. The first-order valence-corrected chi connectivity index (χ1v) is 3.65. The molecule has 0 bridgehead atoms. The summed E-state index contributed by atoms with van der Waals surface area (Å²) in [5.41, 5.74) is 0.939. The first-order chi connectivity index (χ1) is 5.34. The fraction of sp³-hybridized carbons (Fsp3) is 0.222. The molecular formula is C9H13ClNO+. The van der Waals surface area contributed by atoms with Crippen molar-refractivity contribution in [1.82, 2.24) is 0 Å². The third kappa shape index (κ3) is 2.93. The number of ether oxygens (including phenoxy) is 1. The van der Waals surface area contributed by atoms with Gasteiger partial charge in [0.15, 0.2) is 0 Å². The predicted molar refractivity (Wildman–Crippen MR) is 51.4 cm³/mol. The lowest BCUT2D eigenvalue weighted by Crippen LogP contribution is -2.42. The Bertz CT molecular complexity index is 236. The van der Waals surface area contributed by atoms with Crippen molar-refractivity contribution in [2.24, 2.45) is 0 Å². The van der Waals surface area contributed by atoms with E-state index in [0.29, 0.717) is 12.5 Å². The van der Waals surface area contributed by atoms with E-state index in [2.05, 4.69) is 0 Å². The summed E-state index contributed by atoms with van der Waals surface area (Å²) in [5, 5.41) is 5.60. The van der Waals surface area contributed by atoms with Gasteiger partial charge in [0.25, 0.3) is 0 Å². The van der Waals surface area contributed by atoms with Crippen LogP contribution in [0.2, 0.25) is 0 Å². The molecule has 0 saturated carbocycles. The molecule has 2 nitrogen and oxygen atoms in total. The van der Waals surface area contributed by atoms with Crippen LogP contribution < -0.4 is 5.41 Å². The Balaban J connectivity index is 0.00000121. The monoisotopic (exact) mass is 186 g/mol. The van der Waals surface area contributed by atoms with Gasteiger partial charge in [0, 0.05) is 0 Å². The van der Waals surface area contributed by atoms with Gasteiger partial charge in [-0.05, 0) is 19.1 Å². The second-order valence-electron chi connectivity index (χ2n) is 2.16. The van der Waals surface area contributed by atoms with Crippen LogP contribution in [0.15, 0.2) is 30.3 Å². The van der Waals surface area contributed by atoms with Gasteiger partial charge in [-0.1, -0.05) is 18.2 Å². The van der Waals surface area contributed by atoms with E-state index in [4.69, 9.17) is 10.1 Å². The Kier molecular flexibility index (Phi) is 5.13. The SMILES string of the molecule is CCOC(=[NH2+])c1ccccc1.Cl. The standard InChI is InChI=1S/C9H11NO.ClH/c1-2-11-9(10)8-6-4-3-5-7-8;/h3-7,10H,2H2,1H3;1H/p+1. The van der Waals surface area contributed by atoms with Crippen LogP contribution in [0.5, 0.6) is 0 Å². The summed E-state index contributed by atoms with van der Waals surface area (Å²) in [6.45, 7) is 2.52. The molecule has 0 atom stereocenters. The molecule has 0 spiro atoms. The third-order valence-electron chi connectivity index (χ3n) is 1.36. The molecule has 0 aliphatic carbocycles. The topological polar surface area (TPSA) is 34.8 Å². The maximum atomic E-state index is 5.60. The van der Waals surface area contributed by atoms with E-state index in [0.717, 1.165) is 5.56 Å². The Hall–Kier alpha value is -1.02. The lowest BCUT2D eigenvalue weighted by molar-refractivity contribution is -0.138. The van der Waals surface area contributed by atoms with Crippen molar-refractivity contribution >= 4 is 18.3 Å². The minimum Gasteiger partial charge on any atom is -0.445 e. The van der Waals surface area contributed by atoms with Gasteiger partial charge in [-0.15, -0.1) is 12.4 Å². The van der Waals surface area contributed by atoms with Crippen molar-refractivity contribution in [3.63, 3.8) is 0 Å². The van der Waals surface area contributed by atoms with Crippen LogP contribution in [0, 0.1) is 0 Å². The average molecular weight is 187 g/mol. The zero-order chi connectivity index (χ0) is 8.10. The lowest BCUT2D eigenvalue weighted by Gasteiger charge is -1.97. The quantitative estimate of drug-likeness (QED) is 0.534. The maximum Gasteiger partial charge on any atom is 0.366 e. The van der Waals surface area contributed by atoms with Crippen LogP contribution in [0.25, 0.3) is 0 Å². The molecule has 1 aromatic carbocycles. The van der Waals surface area contributed by atoms with Crippen LogP contribution in [0.3, 0.4) is 0 Å². The lowest BCUT2D eigenvalue weighted by atomic mass is 10.2. The van der Waals surface area contributed by atoms with Crippen LogP contribution in [0.4, 0.5) is 0 Å². The minimum absolute atomic E-state index is 0. The first kappa shape index (κ1) is 11.0. The van der Waals surface area contributed by atoms with Crippen LogP contribution in [0.1, 0.15) is 12.5 Å². The zero-order valence-electron chi connectivity index (χ0n) is 6.99. The molecule has 0 aliphatic rings. The van der Waals surface area contributed by atoms with E-state index in [1.165, 1.54) is 0 Å². The second kappa shape index (κ2) is 5.61. The summed E-state index contributed by atoms with van der Waals surface area (Å²) < 4.78 is 5.12. The number of hydrogen-bond donors (Lipinski definition) is 1. The molecule has 3 heteroatoms. The fourth-order valence-electron chi connectivity index (χ4n) is 0.841. The molecular weight excluding hydrogens is 174 g/mol. The molecule has 0 saturated heterocycles. The van der Waals surface area contributed by atoms with E-state index in [1.807, 2.05) is 37.3 Å². The number of benzene rings is 1. The normalized spacial score (nSPS) is 8.42.